The fourth-order valence-corrected chi connectivity index (χ4v) is 2.14. The Bertz CT molecular complexity index is 408. The summed E-state index contributed by atoms with van der Waals surface area (Å²) in [5.41, 5.74) is 8.23. The van der Waals surface area contributed by atoms with E-state index in [1.54, 1.807) is 11.3 Å². The first-order valence-corrected chi connectivity index (χ1v) is 5.38. The molecule has 1 atom stereocenters. The number of hydrogen-bond donors (Lipinski definition) is 1. The summed E-state index contributed by atoms with van der Waals surface area (Å²) < 4.78 is 0. The number of thiazole rings is 1. The van der Waals surface area contributed by atoms with Crippen LogP contribution in [0.4, 0.5) is 0 Å². The summed E-state index contributed by atoms with van der Waals surface area (Å²) in [6.45, 7) is 1.98. The van der Waals surface area contributed by atoms with Crippen LogP contribution in [0.15, 0.2) is 35.7 Å². The standard InChI is InChI=1S/C11H12N2S/c1-8-7-14-11(13-8)10(12)9-5-3-2-4-6-9/h2-7,10H,12H2,1H3/t10-/m0/s1. The summed E-state index contributed by atoms with van der Waals surface area (Å²) in [4.78, 5) is 4.38. The van der Waals surface area contributed by atoms with Gasteiger partial charge in [0.25, 0.3) is 0 Å². The Morgan fingerprint density at radius 2 is 2.00 bits per heavy atom. The van der Waals surface area contributed by atoms with Gasteiger partial charge in [-0.15, -0.1) is 11.3 Å². The Morgan fingerprint density at radius 3 is 2.57 bits per heavy atom. The van der Waals surface area contributed by atoms with E-state index >= 15 is 0 Å². The maximum atomic E-state index is 6.08. The third-order valence-corrected chi connectivity index (χ3v) is 3.11. The van der Waals surface area contributed by atoms with Crippen molar-refractivity contribution in [3.05, 3.63) is 52.0 Å². The summed E-state index contributed by atoms with van der Waals surface area (Å²) >= 11 is 1.62. The molecular weight excluding hydrogens is 192 g/mol. The SMILES string of the molecule is Cc1csc([C@@H](N)c2ccccc2)n1. The van der Waals surface area contributed by atoms with E-state index in [0.29, 0.717) is 0 Å². The molecule has 2 aromatic rings. The van der Waals surface area contributed by atoms with Gasteiger partial charge in [-0.1, -0.05) is 30.3 Å². The molecule has 0 amide bonds. The zero-order valence-corrected chi connectivity index (χ0v) is 8.79. The van der Waals surface area contributed by atoms with E-state index in [9.17, 15) is 0 Å². The topological polar surface area (TPSA) is 38.9 Å². The van der Waals surface area contributed by atoms with E-state index in [1.807, 2.05) is 42.6 Å². The van der Waals surface area contributed by atoms with Crippen LogP contribution in [0.1, 0.15) is 22.3 Å². The Balaban J connectivity index is 2.29. The van der Waals surface area contributed by atoms with Crippen LogP contribution in [0.3, 0.4) is 0 Å². The molecule has 0 aliphatic heterocycles. The smallest absolute Gasteiger partial charge is 0.114 e. The van der Waals surface area contributed by atoms with Gasteiger partial charge < -0.3 is 5.73 Å². The molecule has 0 aliphatic rings. The maximum absolute atomic E-state index is 6.08. The van der Waals surface area contributed by atoms with E-state index in [4.69, 9.17) is 5.73 Å². The van der Waals surface area contributed by atoms with E-state index in [1.165, 1.54) is 0 Å². The average molecular weight is 204 g/mol. The van der Waals surface area contributed by atoms with Crippen LogP contribution in [-0.4, -0.2) is 4.98 Å². The van der Waals surface area contributed by atoms with Crippen molar-refractivity contribution >= 4 is 11.3 Å². The van der Waals surface area contributed by atoms with Crippen molar-refractivity contribution in [3.63, 3.8) is 0 Å². The first kappa shape index (κ1) is 9.37. The Kier molecular flexibility index (Phi) is 2.61. The number of benzene rings is 1. The van der Waals surface area contributed by atoms with Gasteiger partial charge >= 0.3 is 0 Å². The number of hydrogen-bond acceptors (Lipinski definition) is 3. The molecule has 0 aliphatic carbocycles. The minimum absolute atomic E-state index is 0.0881. The lowest BCUT2D eigenvalue weighted by Gasteiger charge is -2.07. The summed E-state index contributed by atoms with van der Waals surface area (Å²) in [5.74, 6) is 0. The third-order valence-electron chi connectivity index (χ3n) is 2.06. The van der Waals surface area contributed by atoms with Crippen molar-refractivity contribution in [1.29, 1.82) is 0 Å². The lowest BCUT2D eigenvalue weighted by Crippen LogP contribution is -2.11. The van der Waals surface area contributed by atoms with Crippen molar-refractivity contribution in [1.82, 2.24) is 4.98 Å². The Morgan fingerprint density at radius 1 is 1.29 bits per heavy atom. The fraction of sp³-hybridized carbons (Fsp3) is 0.182. The van der Waals surface area contributed by atoms with Crippen LogP contribution in [0.2, 0.25) is 0 Å². The number of rotatable bonds is 2. The second kappa shape index (κ2) is 3.90. The lowest BCUT2D eigenvalue weighted by atomic mass is 10.1. The van der Waals surface area contributed by atoms with Crippen LogP contribution in [0.5, 0.6) is 0 Å². The fourth-order valence-electron chi connectivity index (χ4n) is 1.32. The number of aryl methyl sites for hydroxylation is 1. The van der Waals surface area contributed by atoms with Gasteiger partial charge in [0.05, 0.1) is 6.04 Å². The van der Waals surface area contributed by atoms with Crippen LogP contribution in [0, 0.1) is 6.92 Å². The van der Waals surface area contributed by atoms with Gasteiger partial charge in [0.2, 0.25) is 0 Å². The second-order valence-corrected chi connectivity index (χ2v) is 4.11. The molecule has 0 radical (unpaired) electrons. The monoisotopic (exact) mass is 204 g/mol. The number of nitrogens with zero attached hydrogens (tertiary/aromatic N) is 1. The predicted molar refractivity (Wildman–Crippen MR) is 59.3 cm³/mol. The van der Waals surface area contributed by atoms with E-state index in [0.717, 1.165) is 16.3 Å². The molecule has 0 bridgehead atoms. The average Bonchev–Trinajstić information content (AvgIpc) is 2.65. The first-order valence-electron chi connectivity index (χ1n) is 4.50. The molecule has 2 nitrogen and oxygen atoms in total. The first-order chi connectivity index (χ1) is 6.77. The molecule has 2 rings (SSSR count). The minimum atomic E-state index is -0.0881. The largest absolute Gasteiger partial charge is 0.318 e. The van der Waals surface area contributed by atoms with E-state index in [-0.39, 0.29) is 6.04 Å². The molecule has 3 heteroatoms. The molecule has 1 heterocycles. The van der Waals surface area contributed by atoms with Gasteiger partial charge in [0, 0.05) is 11.1 Å². The molecule has 72 valence electrons. The maximum Gasteiger partial charge on any atom is 0.114 e. The molecule has 0 unspecified atom stereocenters. The molecule has 0 saturated carbocycles. The number of nitrogens with two attached hydrogens (primary N) is 1. The van der Waals surface area contributed by atoms with Crippen LogP contribution in [0.25, 0.3) is 0 Å². The molecule has 0 fully saturated rings. The van der Waals surface area contributed by atoms with Crippen molar-refractivity contribution in [2.75, 3.05) is 0 Å². The normalized spacial score (nSPS) is 12.7. The van der Waals surface area contributed by atoms with Gasteiger partial charge in [0.1, 0.15) is 5.01 Å². The Hall–Kier alpha value is -1.19. The molecular formula is C11H12N2S. The zero-order valence-electron chi connectivity index (χ0n) is 7.97. The highest BCUT2D eigenvalue weighted by Gasteiger charge is 2.11. The van der Waals surface area contributed by atoms with Crippen LogP contribution >= 0.6 is 11.3 Å². The van der Waals surface area contributed by atoms with Gasteiger partial charge in [-0.25, -0.2) is 4.98 Å². The van der Waals surface area contributed by atoms with E-state index in [2.05, 4.69) is 4.98 Å². The molecule has 2 N–H and O–H groups in total. The van der Waals surface area contributed by atoms with Crippen molar-refractivity contribution in [2.24, 2.45) is 5.73 Å². The van der Waals surface area contributed by atoms with E-state index < -0.39 is 0 Å². The van der Waals surface area contributed by atoms with Gasteiger partial charge in [-0.05, 0) is 12.5 Å². The van der Waals surface area contributed by atoms with Gasteiger partial charge in [-0.3, -0.25) is 0 Å². The zero-order chi connectivity index (χ0) is 9.97. The summed E-state index contributed by atoms with van der Waals surface area (Å²) in [5, 5.41) is 3.01. The van der Waals surface area contributed by atoms with Crippen molar-refractivity contribution in [3.8, 4) is 0 Å². The molecule has 0 spiro atoms. The predicted octanol–water partition coefficient (Wildman–Crippen LogP) is 2.50. The second-order valence-electron chi connectivity index (χ2n) is 3.22. The highest BCUT2D eigenvalue weighted by Crippen LogP contribution is 2.22. The van der Waals surface area contributed by atoms with Crippen molar-refractivity contribution < 1.29 is 0 Å². The minimum Gasteiger partial charge on any atom is -0.318 e. The highest BCUT2D eigenvalue weighted by atomic mass is 32.1. The van der Waals surface area contributed by atoms with Gasteiger partial charge in [-0.2, -0.15) is 0 Å². The Labute approximate surface area is 87.4 Å². The van der Waals surface area contributed by atoms with Crippen LogP contribution < -0.4 is 5.73 Å². The molecule has 14 heavy (non-hydrogen) atoms. The third kappa shape index (κ3) is 1.84. The summed E-state index contributed by atoms with van der Waals surface area (Å²) in [6.07, 6.45) is 0. The molecule has 0 saturated heterocycles. The highest BCUT2D eigenvalue weighted by molar-refractivity contribution is 7.09. The number of aromatic nitrogens is 1. The lowest BCUT2D eigenvalue weighted by molar-refractivity contribution is 0.852. The summed E-state index contributed by atoms with van der Waals surface area (Å²) in [7, 11) is 0. The molecule has 1 aromatic heterocycles. The quantitative estimate of drug-likeness (QED) is 0.816. The summed E-state index contributed by atoms with van der Waals surface area (Å²) in [6, 6.07) is 9.95. The van der Waals surface area contributed by atoms with Gasteiger partial charge in [0.15, 0.2) is 0 Å². The van der Waals surface area contributed by atoms with Crippen molar-refractivity contribution in [2.45, 2.75) is 13.0 Å². The van der Waals surface area contributed by atoms with Crippen LogP contribution in [-0.2, 0) is 0 Å². The molecule has 1 aromatic carbocycles.